The van der Waals surface area contributed by atoms with Crippen molar-refractivity contribution in [3.8, 4) is 5.69 Å². The summed E-state index contributed by atoms with van der Waals surface area (Å²) in [6.07, 6.45) is 0.866. The van der Waals surface area contributed by atoms with E-state index >= 15 is 0 Å². The maximum atomic E-state index is 11.0. The molecule has 2 rings (SSSR count). The molecule has 19 heavy (non-hydrogen) atoms. The predicted octanol–water partition coefficient (Wildman–Crippen LogP) is 2.87. The van der Waals surface area contributed by atoms with E-state index in [-0.39, 0.29) is 5.91 Å². The second kappa shape index (κ2) is 5.10. The van der Waals surface area contributed by atoms with Gasteiger partial charge in [0.15, 0.2) is 6.29 Å². The van der Waals surface area contributed by atoms with Gasteiger partial charge in [0.05, 0.1) is 0 Å². The van der Waals surface area contributed by atoms with E-state index in [9.17, 15) is 9.59 Å². The van der Waals surface area contributed by atoms with E-state index in [1.807, 2.05) is 48.7 Å². The van der Waals surface area contributed by atoms with Gasteiger partial charge in [-0.05, 0) is 44.2 Å². The number of anilines is 1. The molecule has 0 fully saturated rings. The molecule has 0 radical (unpaired) electrons. The summed E-state index contributed by atoms with van der Waals surface area (Å²) in [7, 11) is 0. The van der Waals surface area contributed by atoms with Crippen LogP contribution in [0.4, 0.5) is 5.69 Å². The molecule has 0 atom stereocenters. The van der Waals surface area contributed by atoms with Crippen molar-refractivity contribution in [3.63, 3.8) is 0 Å². The minimum atomic E-state index is -0.0932. The molecule has 4 nitrogen and oxygen atoms in total. The van der Waals surface area contributed by atoms with Crippen LogP contribution in [-0.4, -0.2) is 16.8 Å². The first-order valence-electron chi connectivity index (χ1n) is 6.05. The van der Waals surface area contributed by atoms with Crippen molar-refractivity contribution in [2.45, 2.75) is 20.8 Å². The summed E-state index contributed by atoms with van der Waals surface area (Å²) in [5.41, 5.74) is 4.35. The zero-order chi connectivity index (χ0) is 14.0. The summed E-state index contributed by atoms with van der Waals surface area (Å²) >= 11 is 0. The van der Waals surface area contributed by atoms with Crippen LogP contribution in [-0.2, 0) is 4.79 Å². The molecule has 1 aromatic carbocycles. The van der Waals surface area contributed by atoms with Crippen LogP contribution in [0.5, 0.6) is 0 Å². The lowest BCUT2D eigenvalue weighted by atomic mass is 10.2. The van der Waals surface area contributed by atoms with Crippen molar-refractivity contribution in [1.29, 1.82) is 0 Å². The van der Waals surface area contributed by atoms with E-state index < -0.39 is 0 Å². The van der Waals surface area contributed by atoms with E-state index in [1.165, 1.54) is 6.92 Å². The fourth-order valence-electron chi connectivity index (χ4n) is 2.20. The van der Waals surface area contributed by atoms with Gasteiger partial charge in [-0.25, -0.2) is 0 Å². The first-order chi connectivity index (χ1) is 9.02. The molecular formula is C15H16N2O2. The minimum absolute atomic E-state index is 0.0932. The molecule has 98 valence electrons. The molecule has 0 aliphatic heterocycles. The zero-order valence-corrected chi connectivity index (χ0v) is 11.2. The van der Waals surface area contributed by atoms with Crippen LogP contribution in [0.2, 0.25) is 0 Å². The van der Waals surface area contributed by atoms with Gasteiger partial charge in [-0.15, -0.1) is 0 Å². The Labute approximate surface area is 112 Å². The smallest absolute Gasteiger partial charge is 0.221 e. The van der Waals surface area contributed by atoms with Crippen molar-refractivity contribution in [1.82, 2.24) is 4.57 Å². The van der Waals surface area contributed by atoms with Crippen LogP contribution in [0, 0.1) is 13.8 Å². The average Bonchev–Trinajstić information content (AvgIpc) is 2.65. The Balaban J connectivity index is 2.40. The predicted molar refractivity (Wildman–Crippen MR) is 74.9 cm³/mol. The summed E-state index contributed by atoms with van der Waals surface area (Å²) in [5, 5.41) is 2.72. The second-order valence-corrected chi connectivity index (χ2v) is 4.51. The third-order valence-corrected chi connectivity index (χ3v) is 3.04. The molecule has 0 aliphatic carbocycles. The number of nitrogens with one attached hydrogen (secondary N) is 1. The van der Waals surface area contributed by atoms with Crippen molar-refractivity contribution < 1.29 is 9.59 Å². The summed E-state index contributed by atoms with van der Waals surface area (Å²) in [4.78, 5) is 21.9. The molecule has 0 spiro atoms. The van der Waals surface area contributed by atoms with Crippen LogP contribution in [0.1, 0.15) is 28.7 Å². The number of nitrogens with zero attached hydrogens (tertiary/aromatic N) is 1. The molecule has 1 heterocycles. The van der Waals surface area contributed by atoms with Crippen molar-refractivity contribution >= 4 is 17.9 Å². The number of carbonyl (C=O) groups excluding carboxylic acids is 2. The third kappa shape index (κ3) is 2.57. The number of aldehydes is 1. The quantitative estimate of drug-likeness (QED) is 0.858. The van der Waals surface area contributed by atoms with Gasteiger partial charge in [0.25, 0.3) is 0 Å². The number of hydrogen-bond donors (Lipinski definition) is 1. The Morgan fingerprint density at radius 1 is 1.21 bits per heavy atom. The molecule has 2 aromatic rings. The van der Waals surface area contributed by atoms with E-state index in [2.05, 4.69) is 5.32 Å². The number of amides is 1. The highest BCUT2D eigenvalue weighted by molar-refractivity contribution is 5.88. The van der Waals surface area contributed by atoms with Crippen LogP contribution >= 0.6 is 0 Å². The summed E-state index contributed by atoms with van der Waals surface area (Å²) < 4.78 is 2.02. The second-order valence-electron chi connectivity index (χ2n) is 4.51. The van der Waals surface area contributed by atoms with Gasteiger partial charge in [0, 0.05) is 35.2 Å². The number of carbonyl (C=O) groups is 2. The normalized spacial score (nSPS) is 10.3. The standard InChI is InChI=1S/C15H16N2O2/c1-10-8-13(9-18)11(2)17(10)15-6-4-14(5-7-15)16-12(3)19/h4-9H,1-3H3,(H,16,19). The Kier molecular flexibility index (Phi) is 3.51. The summed E-state index contributed by atoms with van der Waals surface area (Å²) in [6.45, 7) is 5.35. The molecule has 0 unspecified atom stereocenters. The first kappa shape index (κ1) is 13.1. The van der Waals surface area contributed by atoms with Crippen LogP contribution < -0.4 is 5.32 Å². The van der Waals surface area contributed by atoms with Gasteiger partial charge >= 0.3 is 0 Å². The molecule has 0 bridgehead atoms. The SMILES string of the molecule is CC(=O)Nc1ccc(-n2c(C)cc(C=O)c2C)cc1. The first-order valence-corrected chi connectivity index (χ1v) is 6.05. The summed E-state index contributed by atoms with van der Waals surface area (Å²) in [5.74, 6) is -0.0932. The Morgan fingerprint density at radius 2 is 1.84 bits per heavy atom. The molecule has 1 N–H and O–H groups in total. The van der Waals surface area contributed by atoms with Gasteiger partial charge in [-0.3, -0.25) is 9.59 Å². The lowest BCUT2D eigenvalue weighted by molar-refractivity contribution is -0.114. The minimum Gasteiger partial charge on any atom is -0.326 e. The largest absolute Gasteiger partial charge is 0.326 e. The Morgan fingerprint density at radius 3 is 2.32 bits per heavy atom. The zero-order valence-electron chi connectivity index (χ0n) is 11.2. The highest BCUT2D eigenvalue weighted by Gasteiger charge is 2.09. The summed E-state index contributed by atoms with van der Waals surface area (Å²) in [6, 6.07) is 9.39. The van der Waals surface area contributed by atoms with E-state index in [1.54, 1.807) is 0 Å². The topological polar surface area (TPSA) is 51.1 Å². The molecule has 1 amide bonds. The number of aromatic nitrogens is 1. The van der Waals surface area contributed by atoms with Crippen LogP contribution in [0.3, 0.4) is 0 Å². The molecule has 0 aliphatic rings. The molecule has 1 aromatic heterocycles. The molecule has 4 heteroatoms. The lowest BCUT2D eigenvalue weighted by Crippen LogP contribution is -2.06. The molecular weight excluding hydrogens is 240 g/mol. The highest BCUT2D eigenvalue weighted by atomic mass is 16.1. The maximum Gasteiger partial charge on any atom is 0.221 e. The highest BCUT2D eigenvalue weighted by Crippen LogP contribution is 2.21. The fraction of sp³-hybridized carbons (Fsp3) is 0.200. The van der Waals surface area contributed by atoms with Gasteiger partial charge in [-0.1, -0.05) is 0 Å². The average molecular weight is 256 g/mol. The molecule has 0 saturated heterocycles. The van der Waals surface area contributed by atoms with Crippen molar-refractivity contribution in [2.75, 3.05) is 5.32 Å². The van der Waals surface area contributed by atoms with E-state index in [4.69, 9.17) is 0 Å². The lowest BCUT2D eigenvalue weighted by Gasteiger charge is -2.10. The molecule has 0 saturated carbocycles. The van der Waals surface area contributed by atoms with Crippen LogP contribution in [0.25, 0.3) is 5.69 Å². The monoisotopic (exact) mass is 256 g/mol. The van der Waals surface area contributed by atoms with Gasteiger partial charge < -0.3 is 9.88 Å². The van der Waals surface area contributed by atoms with Crippen molar-refractivity contribution in [2.24, 2.45) is 0 Å². The number of rotatable bonds is 3. The maximum absolute atomic E-state index is 11.0. The van der Waals surface area contributed by atoms with E-state index in [0.717, 1.165) is 29.0 Å². The Bertz CT molecular complexity index is 624. The van der Waals surface area contributed by atoms with E-state index in [0.29, 0.717) is 5.56 Å². The van der Waals surface area contributed by atoms with Gasteiger partial charge in [-0.2, -0.15) is 0 Å². The number of aryl methyl sites for hydroxylation is 1. The van der Waals surface area contributed by atoms with Gasteiger partial charge in [0.2, 0.25) is 5.91 Å². The third-order valence-electron chi connectivity index (χ3n) is 3.04. The number of hydrogen-bond acceptors (Lipinski definition) is 2. The fourth-order valence-corrected chi connectivity index (χ4v) is 2.20. The Hall–Kier alpha value is -2.36. The van der Waals surface area contributed by atoms with Crippen molar-refractivity contribution in [3.05, 3.63) is 47.3 Å². The van der Waals surface area contributed by atoms with Gasteiger partial charge in [0.1, 0.15) is 0 Å². The number of benzene rings is 1. The van der Waals surface area contributed by atoms with Crippen LogP contribution in [0.15, 0.2) is 30.3 Å².